The third-order valence-corrected chi connectivity index (χ3v) is 5.61. The van der Waals surface area contributed by atoms with Crippen molar-refractivity contribution in [2.75, 3.05) is 5.32 Å². The van der Waals surface area contributed by atoms with Crippen molar-refractivity contribution in [1.29, 1.82) is 0 Å². The molecule has 3 aromatic carbocycles. The maximum Gasteiger partial charge on any atom is 0.228 e. The van der Waals surface area contributed by atoms with Gasteiger partial charge in [0.05, 0.1) is 12.1 Å². The van der Waals surface area contributed by atoms with E-state index >= 15 is 0 Å². The highest BCUT2D eigenvalue weighted by molar-refractivity contribution is 9.10. The summed E-state index contributed by atoms with van der Waals surface area (Å²) in [5.74, 6) is 0.790. The number of para-hydroxylation sites is 1. The van der Waals surface area contributed by atoms with Gasteiger partial charge in [-0.25, -0.2) is 0 Å². The monoisotopic (exact) mass is 445 g/mol. The van der Waals surface area contributed by atoms with E-state index in [-0.39, 0.29) is 5.91 Å². The Balaban J connectivity index is 1.64. The molecule has 0 fully saturated rings. The molecule has 1 amide bonds. The first-order valence-corrected chi connectivity index (χ1v) is 10.3. The molecule has 0 saturated heterocycles. The van der Waals surface area contributed by atoms with Gasteiger partial charge in [-0.2, -0.15) is 0 Å². The summed E-state index contributed by atoms with van der Waals surface area (Å²) >= 11 is 11.1. The van der Waals surface area contributed by atoms with Crippen LogP contribution in [0.2, 0.25) is 5.02 Å². The Hall–Kier alpha value is -1.75. The molecule has 0 bridgehead atoms. The molecule has 5 heteroatoms. The van der Waals surface area contributed by atoms with Crippen LogP contribution in [0.15, 0.2) is 82.2 Å². The fraction of sp³-hybridized carbons (Fsp3) is 0.0952. The van der Waals surface area contributed by atoms with Crippen LogP contribution in [-0.4, -0.2) is 5.91 Å². The smallest absolute Gasteiger partial charge is 0.228 e. The van der Waals surface area contributed by atoms with Gasteiger partial charge in [0, 0.05) is 20.1 Å². The number of benzene rings is 3. The zero-order valence-electron chi connectivity index (χ0n) is 13.9. The van der Waals surface area contributed by atoms with Crippen LogP contribution in [0, 0.1) is 0 Å². The van der Waals surface area contributed by atoms with E-state index in [2.05, 4.69) is 21.2 Å². The molecule has 0 aliphatic heterocycles. The van der Waals surface area contributed by atoms with Gasteiger partial charge in [-0.15, -0.1) is 11.8 Å². The van der Waals surface area contributed by atoms with Crippen LogP contribution in [0.25, 0.3) is 0 Å². The Morgan fingerprint density at radius 3 is 2.50 bits per heavy atom. The summed E-state index contributed by atoms with van der Waals surface area (Å²) in [4.78, 5) is 13.5. The lowest BCUT2D eigenvalue weighted by molar-refractivity contribution is -0.115. The van der Waals surface area contributed by atoms with E-state index in [1.807, 2.05) is 72.8 Å². The molecule has 0 spiro atoms. The lowest BCUT2D eigenvalue weighted by Gasteiger charge is -2.11. The normalized spacial score (nSPS) is 10.5. The number of halogens is 2. The van der Waals surface area contributed by atoms with E-state index in [0.717, 1.165) is 31.4 Å². The summed E-state index contributed by atoms with van der Waals surface area (Å²) in [6, 6.07) is 23.5. The molecule has 0 heterocycles. The number of carbonyl (C=O) groups excluding carboxylic acids is 1. The van der Waals surface area contributed by atoms with Crippen molar-refractivity contribution >= 4 is 50.9 Å². The molecule has 0 unspecified atom stereocenters. The molecule has 132 valence electrons. The maximum atomic E-state index is 12.4. The summed E-state index contributed by atoms with van der Waals surface area (Å²) in [5.41, 5.74) is 3.00. The molecule has 0 aromatic heterocycles. The van der Waals surface area contributed by atoms with Crippen molar-refractivity contribution in [2.45, 2.75) is 17.1 Å². The number of thioether (sulfide) groups is 1. The van der Waals surface area contributed by atoms with Crippen LogP contribution in [0.4, 0.5) is 5.69 Å². The lowest BCUT2D eigenvalue weighted by atomic mass is 10.1. The van der Waals surface area contributed by atoms with Gasteiger partial charge in [0.15, 0.2) is 0 Å². The predicted molar refractivity (Wildman–Crippen MR) is 114 cm³/mol. The highest BCUT2D eigenvalue weighted by atomic mass is 79.9. The Morgan fingerprint density at radius 2 is 1.73 bits per heavy atom. The number of hydrogen-bond acceptors (Lipinski definition) is 2. The number of anilines is 1. The number of nitrogens with one attached hydrogen (secondary N) is 1. The van der Waals surface area contributed by atoms with Gasteiger partial charge < -0.3 is 5.32 Å². The molecule has 26 heavy (non-hydrogen) atoms. The predicted octanol–water partition coefficient (Wildman–Crippen LogP) is 6.58. The number of amides is 1. The molecule has 3 aromatic rings. The van der Waals surface area contributed by atoms with E-state index in [0.29, 0.717) is 6.42 Å². The Bertz CT molecular complexity index is 899. The Morgan fingerprint density at radius 1 is 0.962 bits per heavy atom. The third-order valence-electron chi connectivity index (χ3n) is 3.72. The first-order valence-electron chi connectivity index (χ1n) is 8.11. The first-order chi connectivity index (χ1) is 12.6. The third kappa shape index (κ3) is 5.63. The zero-order valence-corrected chi connectivity index (χ0v) is 17.1. The zero-order chi connectivity index (χ0) is 18.4. The molecule has 0 saturated carbocycles. The second-order valence-corrected chi connectivity index (χ2v) is 8.14. The van der Waals surface area contributed by atoms with E-state index in [1.54, 1.807) is 11.8 Å². The molecule has 0 radical (unpaired) electrons. The maximum absolute atomic E-state index is 12.4. The van der Waals surface area contributed by atoms with Crippen LogP contribution in [0.3, 0.4) is 0 Å². The topological polar surface area (TPSA) is 29.1 Å². The van der Waals surface area contributed by atoms with E-state index in [9.17, 15) is 4.79 Å². The van der Waals surface area contributed by atoms with Gasteiger partial charge in [-0.05, 0) is 47.5 Å². The molecule has 3 rings (SSSR count). The SMILES string of the molecule is O=C(Cc1cccc(Br)c1)Nc1ccccc1SCc1ccc(Cl)cc1. The number of carbonyl (C=O) groups is 1. The second-order valence-electron chi connectivity index (χ2n) is 5.77. The molecule has 0 aliphatic rings. The van der Waals surface area contributed by atoms with Crippen molar-refractivity contribution in [1.82, 2.24) is 0 Å². The van der Waals surface area contributed by atoms with Gasteiger partial charge in [-0.1, -0.05) is 63.9 Å². The van der Waals surface area contributed by atoms with Crippen LogP contribution >= 0.6 is 39.3 Å². The number of hydrogen-bond donors (Lipinski definition) is 1. The van der Waals surface area contributed by atoms with Gasteiger partial charge in [-0.3, -0.25) is 4.79 Å². The van der Waals surface area contributed by atoms with Crippen molar-refractivity contribution in [3.63, 3.8) is 0 Å². The molecular formula is C21H17BrClNOS. The quantitative estimate of drug-likeness (QED) is 0.433. The minimum atomic E-state index is -0.0253. The number of rotatable bonds is 6. The van der Waals surface area contributed by atoms with Crippen molar-refractivity contribution in [3.05, 3.63) is 93.4 Å². The fourth-order valence-electron chi connectivity index (χ4n) is 2.46. The Labute approximate surface area is 171 Å². The average Bonchev–Trinajstić information content (AvgIpc) is 2.62. The molecule has 1 N–H and O–H groups in total. The molecular weight excluding hydrogens is 430 g/mol. The van der Waals surface area contributed by atoms with Gasteiger partial charge in [0.25, 0.3) is 0 Å². The van der Waals surface area contributed by atoms with Gasteiger partial charge in [0.1, 0.15) is 0 Å². The summed E-state index contributed by atoms with van der Waals surface area (Å²) < 4.78 is 0.974. The molecule has 2 nitrogen and oxygen atoms in total. The van der Waals surface area contributed by atoms with E-state index in [4.69, 9.17) is 11.6 Å². The van der Waals surface area contributed by atoms with Crippen LogP contribution in [0.5, 0.6) is 0 Å². The standard InChI is InChI=1S/C21H17BrClNOS/c22-17-5-3-4-16(12-17)13-21(25)24-19-6-1-2-7-20(19)26-14-15-8-10-18(23)11-9-15/h1-12H,13-14H2,(H,24,25). The van der Waals surface area contributed by atoms with Crippen molar-refractivity contribution in [3.8, 4) is 0 Å². The van der Waals surface area contributed by atoms with Crippen LogP contribution in [0.1, 0.15) is 11.1 Å². The van der Waals surface area contributed by atoms with E-state index < -0.39 is 0 Å². The van der Waals surface area contributed by atoms with Gasteiger partial charge in [0.2, 0.25) is 5.91 Å². The fourth-order valence-corrected chi connectivity index (χ4v) is 4.00. The highest BCUT2D eigenvalue weighted by Crippen LogP contribution is 2.30. The first kappa shape index (κ1) is 19.0. The molecule has 0 aliphatic carbocycles. The van der Waals surface area contributed by atoms with Crippen molar-refractivity contribution in [2.24, 2.45) is 0 Å². The minimum Gasteiger partial charge on any atom is -0.325 e. The van der Waals surface area contributed by atoms with Crippen LogP contribution < -0.4 is 5.32 Å². The molecule has 0 atom stereocenters. The summed E-state index contributed by atoms with van der Waals surface area (Å²) in [6.07, 6.45) is 0.343. The summed E-state index contributed by atoms with van der Waals surface area (Å²) in [6.45, 7) is 0. The lowest BCUT2D eigenvalue weighted by Crippen LogP contribution is -2.14. The van der Waals surface area contributed by atoms with Gasteiger partial charge >= 0.3 is 0 Å². The summed E-state index contributed by atoms with van der Waals surface area (Å²) in [7, 11) is 0. The summed E-state index contributed by atoms with van der Waals surface area (Å²) in [5, 5.41) is 3.76. The largest absolute Gasteiger partial charge is 0.325 e. The van der Waals surface area contributed by atoms with E-state index in [1.165, 1.54) is 5.56 Å². The van der Waals surface area contributed by atoms with Crippen molar-refractivity contribution < 1.29 is 4.79 Å². The minimum absolute atomic E-state index is 0.0253. The second kappa shape index (κ2) is 9.26. The van der Waals surface area contributed by atoms with Crippen LogP contribution in [-0.2, 0) is 17.0 Å². The highest BCUT2D eigenvalue weighted by Gasteiger charge is 2.08. The average molecular weight is 447 g/mol. The Kier molecular flexibility index (Phi) is 6.78.